The number of methoxy groups -OCH3 is 1. The zero-order chi connectivity index (χ0) is 23.3. The SMILES string of the molecule is COC(=O)c1cncc(-c2nc(NCc3ccccn3)c3c(-c4ccccc4)cccc3n2)c1. The number of nitrogens with zero attached hydrogens (tertiary/aromatic N) is 4. The number of rotatable bonds is 6. The Bertz CT molecular complexity index is 1460. The molecule has 0 radical (unpaired) electrons. The summed E-state index contributed by atoms with van der Waals surface area (Å²) in [6.07, 6.45) is 4.86. The predicted octanol–water partition coefficient (Wildman–Crippen LogP) is 5.15. The first-order valence-electron chi connectivity index (χ1n) is 10.8. The Morgan fingerprint density at radius 1 is 0.912 bits per heavy atom. The van der Waals surface area contributed by atoms with Crippen LogP contribution in [-0.4, -0.2) is 33.0 Å². The second kappa shape index (κ2) is 9.46. The molecule has 3 aromatic heterocycles. The van der Waals surface area contributed by atoms with E-state index in [-0.39, 0.29) is 0 Å². The number of esters is 1. The molecule has 166 valence electrons. The van der Waals surface area contributed by atoms with Crippen molar-refractivity contribution in [3.63, 3.8) is 0 Å². The Kier molecular flexibility index (Phi) is 5.90. The van der Waals surface area contributed by atoms with E-state index in [1.54, 1.807) is 18.5 Å². The van der Waals surface area contributed by atoms with Crippen molar-refractivity contribution in [3.05, 3.63) is 103 Å². The number of hydrogen-bond acceptors (Lipinski definition) is 7. The number of benzene rings is 2. The minimum atomic E-state index is -0.463. The Hall–Kier alpha value is -4.65. The molecule has 0 bridgehead atoms. The molecule has 1 N–H and O–H groups in total. The molecule has 0 fully saturated rings. The van der Waals surface area contributed by atoms with Gasteiger partial charge < -0.3 is 10.1 Å². The number of fused-ring (bicyclic) bond motifs is 1. The second-order valence-electron chi connectivity index (χ2n) is 7.59. The van der Waals surface area contributed by atoms with E-state index in [1.165, 1.54) is 13.3 Å². The molecule has 0 unspecified atom stereocenters. The summed E-state index contributed by atoms with van der Waals surface area (Å²) >= 11 is 0. The highest BCUT2D eigenvalue weighted by Gasteiger charge is 2.16. The molecule has 34 heavy (non-hydrogen) atoms. The molecule has 7 nitrogen and oxygen atoms in total. The van der Waals surface area contributed by atoms with E-state index in [1.807, 2.05) is 48.5 Å². The van der Waals surface area contributed by atoms with Crippen LogP contribution in [-0.2, 0) is 11.3 Å². The number of nitrogens with one attached hydrogen (secondary N) is 1. The van der Waals surface area contributed by atoms with Crippen LogP contribution in [0.5, 0.6) is 0 Å². The van der Waals surface area contributed by atoms with Crippen LogP contribution in [0.1, 0.15) is 16.1 Å². The number of anilines is 1. The van der Waals surface area contributed by atoms with E-state index in [9.17, 15) is 4.79 Å². The summed E-state index contributed by atoms with van der Waals surface area (Å²) in [7, 11) is 1.34. The van der Waals surface area contributed by atoms with Gasteiger partial charge in [-0.3, -0.25) is 9.97 Å². The van der Waals surface area contributed by atoms with Gasteiger partial charge in [-0.2, -0.15) is 0 Å². The Morgan fingerprint density at radius 3 is 2.56 bits per heavy atom. The van der Waals surface area contributed by atoms with Crippen LogP contribution in [0, 0.1) is 0 Å². The molecule has 0 aliphatic rings. The van der Waals surface area contributed by atoms with Crippen molar-refractivity contribution in [2.24, 2.45) is 0 Å². The lowest BCUT2D eigenvalue weighted by Crippen LogP contribution is -2.07. The molecular formula is C27H21N5O2. The maximum absolute atomic E-state index is 12.0. The summed E-state index contributed by atoms with van der Waals surface area (Å²) in [5.74, 6) is 0.670. The van der Waals surface area contributed by atoms with Crippen molar-refractivity contribution in [2.75, 3.05) is 12.4 Å². The second-order valence-corrected chi connectivity index (χ2v) is 7.59. The minimum Gasteiger partial charge on any atom is -0.465 e. The molecule has 0 aliphatic carbocycles. The number of pyridine rings is 2. The van der Waals surface area contributed by atoms with Gasteiger partial charge >= 0.3 is 5.97 Å². The van der Waals surface area contributed by atoms with Crippen LogP contribution in [0.2, 0.25) is 0 Å². The van der Waals surface area contributed by atoms with Gasteiger partial charge in [0.15, 0.2) is 5.82 Å². The van der Waals surface area contributed by atoms with Crippen LogP contribution in [0.25, 0.3) is 33.4 Å². The van der Waals surface area contributed by atoms with E-state index in [0.29, 0.717) is 29.3 Å². The van der Waals surface area contributed by atoms with Crippen molar-refractivity contribution < 1.29 is 9.53 Å². The minimum absolute atomic E-state index is 0.338. The summed E-state index contributed by atoms with van der Waals surface area (Å²) < 4.78 is 4.83. The van der Waals surface area contributed by atoms with Crippen molar-refractivity contribution in [1.29, 1.82) is 0 Å². The van der Waals surface area contributed by atoms with Crippen molar-refractivity contribution in [2.45, 2.75) is 6.54 Å². The zero-order valence-electron chi connectivity index (χ0n) is 18.5. The average molecular weight is 447 g/mol. The maximum Gasteiger partial charge on any atom is 0.339 e. The van der Waals surface area contributed by atoms with Gasteiger partial charge in [0.2, 0.25) is 0 Å². The molecule has 0 atom stereocenters. The molecule has 0 saturated heterocycles. The number of carbonyl (C=O) groups excluding carboxylic acids is 1. The van der Waals surface area contributed by atoms with E-state index in [0.717, 1.165) is 27.7 Å². The van der Waals surface area contributed by atoms with Crippen LogP contribution in [0.3, 0.4) is 0 Å². The van der Waals surface area contributed by atoms with E-state index < -0.39 is 5.97 Å². The number of carbonyl (C=O) groups is 1. The zero-order valence-corrected chi connectivity index (χ0v) is 18.5. The fourth-order valence-electron chi connectivity index (χ4n) is 3.77. The molecule has 0 amide bonds. The van der Waals surface area contributed by atoms with Gasteiger partial charge in [-0.15, -0.1) is 0 Å². The van der Waals surface area contributed by atoms with Crippen molar-refractivity contribution >= 4 is 22.7 Å². The first-order chi connectivity index (χ1) is 16.7. The van der Waals surface area contributed by atoms with Crippen LogP contribution in [0.15, 0.2) is 91.4 Å². The maximum atomic E-state index is 12.0. The quantitative estimate of drug-likeness (QED) is 0.360. The van der Waals surface area contributed by atoms with E-state index in [4.69, 9.17) is 14.7 Å². The molecule has 5 rings (SSSR count). The van der Waals surface area contributed by atoms with Gasteiger partial charge in [-0.25, -0.2) is 14.8 Å². The lowest BCUT2D eigenvalue weighted by molar-refractivity contribution is 0.0600. The molecule has 0 spiro atoms. The Morgan fingerprint density at radius 2 is 1.76 bits per heavy atom. The molecule has 2 aromatic carbocycles. The van der Waals surface area contributed by atoms with Crippen LogP contribution < -0.4 is 5.32 Å². The monoisotopic (exact) mass is 447 g/mol. The van der Waals surface area contributed by atoms with Crippen LogP contribution in [0.4, 0.5) is 5.82 Å². The fourth-order valence-corrected chi connectivity index (χ4v) is 3.77. The fraction of sp³-hybridized carbons (Fsp3) is 0.0741. The smallest absolute Gasteiger partial charge is 0.339 e. The van der Waals surface area contributed by atoms with Crippen LogP contribution >= 0.6 is 0 Å². The predicted molar refractivity (Wildman–Crippen MR) is 131 cm³/mol. The van der Waals surface area contributed by atoms with E-state index >= 15 is 0 Å². The summed E-state index contributed by atoms with van der Waals surface area (Å²) in [6.45, 7) is 0.496. The van der Waals surface area contributed by atoms with Gasteiger partial charge in [0.05, 0.1) is 35.8 Å². The third kappa shape index (κ3) is 4.31. The largest absolute Gasteiger partial charge is 0.465 e. The molecule has 0 aliphatic heterocycles. The first-order valence-corrected chi connectivity index (χ1v) is 10.8. The highest BCUT2D eigenvalue weighted by Crippen LogP contribution is 2.34. The van der Waals surface area contributed by atoms with Gasteiger partial charge in [0, 0.05) is 24.2 Å². The van der Waals surface area contributed by atoms with Crippen molar-refractivity contribution in [3.8, 4) is 22.5 Å². The Balaban J connectivity index is 1.67. The van der Waals surface area contributed by atoms with Gasteiger partial charge in [0.1, 0.15) is 5.82 Å². The summed E-state index contributed by atoms with van der Waals surface area (Å²) in [4.78, 5) is 30.3. The van der Waals surface area contributed by atoms with Gasteiger partial charge in [0.25, 0.3) is 0 Å². The van der Waals surface area contributed by atoms with Gasteiger partial charge in [-0.1, -0.05) is 48.5 Å². The molecule has 0 saturated carbocycles. The normalized spacial score (nSPS) is 10.7. The molecule has 5 aromatic rings. The highest BCUT2D eigenvalue weighted by atomic mass is 16.5. The van der Waals surface area contributed by atoms with Gasteiger partial charge in [-0.05, 0) is 35.4 Å². The lowest BCUT2D eigenvalue weighted by Gasteiger charge is -2.14. The summed E-state index contributed by atoms with van der Waals surface area (Å²) in [5.41, 5.74) is 4.72. The van der Waals surface area contributed by atoms with Crippen molar-refractivity contribution in [1.82, 2.24) is 19.9 Å². The summed E-state index contributed by atoms with van der Waals surface area (Å²) in [6, 6.07) is 23.6. The number of hydrogen-bond donors (Lipinski definition) is 1. The lowest BCUT2D eigenvalue weighted by atomic mass is 10.0. The average Bonchev–Trinajstić information content (AvgIpc) is 2.92. The number of aromatic nitrogens is 4. The molecule has 3 heterocycles. The highest BCUT2D eigenvalue weighted by molar-refractivity contribution is 6.02. The van der Waals surface area contributed by atoms with E-state index in [2.05, 4.69) is 33.5 Å². The topological polar surface area (TPSA) is 89.9 Å². The molecular weight excluding hydrogens is 426 g/mol. The first kappa shape index (κ1) is 21.2. The molecule has 7 heteroatoms. The third-order valence-corrected chi connectivity index (χ3v) is 5.39. The third-order valence-electron chi connectivity index (χ3n) is 5.39. The standard InChI is InChI=1S/C27H21N5O2/c1-34-27(33)20-14-19(15-28-16-20)25-31-23-12-7-11-22(18-8-3-2-4-9-18)24(23)26(32-25)30-17-21-10-5-6-13-29-21/h2-16H,17H2,1H3,(H,30,31,32). The Labute approximate surface area is 196 Å². The summed E-state index contributed by atoms with van der Waals surface area (Å²) in [5, 5.41) is 4.36. The number of ether oxygens (including phenoxy) is 1.